The van der Waals surface area contributed by atoms with Crippen molar-refractivity contribution in [2.24, 2.45) is 0 Å². The van der Waals surface area contributed by atoms with Crippen molar-refractivity contribution in [3.05, 3.63) is 29.5 Å². The SMILES string of the molecule is CCNC(=O)c1n[nH]c2ccc(C)cc12. The Hall–Kier alpha value is -1.84. The number of aromatic amines is 1. The lowest BCUT2D eigenvalue weighted by atomic mass is 10.1. The number of carbonyl (C=O) groups is 1. The van der Waals surface area contributed by atoms with Crippen LogP contribution < -0.4 is 5.32 Å². The van der Waals surface area contributed by atoms with Gasteiger partial charge in [0, 0.05) is 11.9 Å². The summed E-state index contributed by atoms with van der Waals surface area (Å²) >= 11 is 0. The third-order valence-corrected chi connectivity index (χ3v) is 2.27. The Morgan fingerprint density at radius 2 is 2.33 bits per heavy atom. The molecule has 1 amide bonds. The van der Waals surface area contributed by atoms with Crippen molar-refractivity contribution in [2.45, 2.75) is 13.8 Å². The molecule has 2 N–H and O–H groups in total. The highest BCUT2D eigenvalue weighted by atomic mass is 16.1. The monoisotopic (exact) mass is 203 g/mol. The second-order valence-electron chi connectivity index (χ2n) is 3.48. The minimum Gasteiger partial charge on any atom is -0.351 e. The molecule has 0 radical (unpaired) electrons. The number of amides is 1. The molecule has 0 saturated heterocycles. The van der Waals surface area contributed by atoms with E-state index in [1.807, 2.05) is 32.0 Å². The Balaban J connectivity index is 2.52. The first-order chi connectivity index (χ1) is 7.22. The largest absolute Gasteiger partial charge is 0.351 e. The molecule has 0 aliphatic rings. The maximum atomic E-state index is 11.6. The smallest absolute Gasteiger partial charge is 0.272 e. The minimum absolute atomic E-state index is 0.130. The van der Waals surface area contributed by atoms with Gasteiger partial charge < -0.3 is 5.32 Å². The van der Waals surface area contributed by atoms with E-state index in [9.17, 15) is 4.79 Å². The van der Waals surface area contributed by atoms with Gasteiger partial charge in [0.2, 0.25) is 0 Å². The van der Waals surface area contributed by atoms with E-state index in [-0.39, 0.29) is 5.91 Å². The average Bonchev–Trinajstić information content (AvgIpc) is 2.60. The van der Waals surface area contributed by atoms with Crippen molar-refractivity contribution < 1.29 is 4.79 Å². The van der Waals surface area contributed by atoms with E-state index in [2.05, 4.69) is 15.5 Å². The zero-order valence-electron chi connectivity index (χ0n) is 8.79. The quantitative estimate of drug-likeness (QED) is 0.779. The first-order valence-electron chi connectivity index (χ1n) is 4.95. The molecule has 0 aliphatic heterocycles. The van der Waals surface area contributed by atoms with Gasteiger partial charge in [0.25, 0.3) is 5.91 Å². The van der Waals surface area contributed by atoms with Crippen LogP contribution in [0.2, 0.25) is 0 Å². The van der Waals surface area contributed by atoms with Crippen LogP contribution in [0.15, 0.2) is 18.2 Å². The number of nitrogens with one attached hydrogen (secondary N) is 2. The number of hydrogen-bond donors (Lipinski definition) is 2. The van der Waals surface area contributed by atoms with Crippen molar-refractivity contribution in [2.75, 3.05) is 6.54 Å². The highest BCUT2D eigenvalue weighted by Crippen LogP contribution is 2.17. The lowest BCUT2D eigenvalue weighted by molar-refractivity contribution is 0.0952. The van der Waals surface area contributed by atoms with Gasteiger partial charge in [-0.3, -0.25) is 9.89 Å². The van der Waals surface area contributed by atoms with Crippen LogP contribution >= 0.6 is 0 Å². The number of rotatable bonds is 2. The summed E-state index contributed by atoms with van der Waals surface area (Å²) in [5, 5.41) is 10.5. The van der Waals surface area contributed by atoms with Crippen LogP contribution in [0.5, 0.6) is 0 Å². The molecule has 1 heterocycles. The molecule has 2 rings (SSSR count). The fourth-order valence-corrected chi connectivity index (χ4v) is 1.55. The van der Waals surface area contributed by atoms with Gasteiger partial charge in [-0.05, 0) is 26.0 Å². The molecule has 0 spiro atoms. The maximum absolute atomic E-state index is 11.6. The average molecular weight is 203 g/mol. The van der Waals surface area contributed by atoms with E-state index < -0.39 is 0 Å². The fourth-order valence-electron chi connectivity index (χ4n) is 1.55. The maximum Gasteiger partial charge on any atom is 0.272 e. The van der Waals surface area contributed by atoms with Gasteiger partial charge in [0.1, 0.15) is 0 Å². The standard InChI is InChI=1S/C11H13N3O/c1-3-12-11(15)10-8-6-7(2)4-5-9(8)13-14-10/h4-6H,3H2,1-2H3,(H,12,15)(H,13,14). The zero-order valence-corrected chi connectivity index (χ0v) is 8.79. The number of nitrogens with zero attached hydrogens (tertiary/aromatic N) is 1. The number of carbonyl (C=O) groups excluding carboxylic acids is 1. The summed E-state index contributed by atoms with van der Waals surface area (Å²) in [5.41, 5.74) is 2.48. The first kappa shape index (κ1) is 9.71. The molecule has 78 valence electrons. The zero-order chi connectivity index (χ0) is 10.8. The normalized spacial score (nSPS) is 10.5. The van der Waals surface area contributed by atoms with Crippen molar-refractivity contribution in [3.63, 3.8) is 0 Å². The van der Waals surface area contributed by atoms with Crippen molar-refractivity contribution in [1.29, 1.82) is 0 Å². The van der Waals surface area contributed by atoms with Gasteiger partial charge in [0.05, 0.1) is 5.52 Å². The lowest BCUT2D eigenvalue weighted by Crippen LogP contribution is -2.23. The summed E-state index contributed by atoms with van der Waals surface area (Å²) in [6, 6.07) is 5.88. The summed E-state index contributed by atoms with van der Waals surface area (Å²) in [6.07, 6.45) is 0. The van der Waals surface area contributed by atoms with Gasteiger partial charge in [-0.2, -0.15) is 5.10 Å². The topological polar surface area (TPSA) is 57.8 Å². The number of aryl methyl sites for hydroxylation is 1. The predicted molar refractivity (Wildman–Crippen MR) is 58.8 cm³/mol. The molecule has 0 fully saturated rings. The number of H-pyrrole nitrogens is 1. The van der Waals surface area contributed by atoms with Gasteiger partial charge in [-0.15, -0.1) is 0 Å². The summed E-state index contributed by atoms with van der Waals surface area (Å²) in [4.78, 5) is 11.6. The molecule has 4 heteroatoms. The predicted octanol–water partition coefficient (Wildman–Crippen LogP) is 1.62. The second-order valence-corrected chi connectivity index (χ2v) is 3.48. The Morgan fingerprint density at radius 3 is 3.07 bits per heavy atom. The van der Waals surface area contributed by atoms with Crippen LogP contribution in [0, 0.1) is 6.92 Å². The van der Waals surface area contributed by atoms with Crippen LogP contribution in [-0.4, -0.2) is 22.6 Å². The molecule has 1 aromatic heterocycles. The highest BCUT2D eigenvalue weighted by Gasteiger charge is 2.12. The minimum atomic E-state index is -0.130. The van der Waals surface area contributed by atoms with Crippen LogP contribution in [-0.2, 0) is 0 Å². The summed E-state index contributed by atoms with van der Waals surface area (Å²) in [7, 11) is 0. The van der Waals surface area contributed by atoms with Crippen LogP contribution in [0.3, 0.4) is 0 Å². The van der Waals surface area contributed by atoms with E-state index in [4.69, 9.17) is 0 Å². The molecular weight excluding hydrogens is 190 g/mol. The molecule has 15 heavy (non-hydrogen) atoms. The molecule has 0 saturated carbocycles. The van der Waals surface area contributed by atoms with E-state index in [1.165, 1.54) is 0 Å². The van der Waals surface area contributed by atoms with Crippen LogP contribution in [0.4, 0.5) is 0 Å². The Morgan fingerprint density at radius 1 is 1.53 bits per heavy atom. The van der Waals surface area contributed by atoms with E-state index in [1.54, 1.807) is 0 Å². The van der Waals surface area contributed by atoms with Crippen LogP contribution in [0.25, 0.3) is 10.9 Å². The fraction of sp³-hybridized carbons (Fsp3) is 0.273. The third kappa shape index (κ3) is 1.70. The van der Waals surface area contributed by atoms with Crippen molar-refractivity contribution in [1.82, 2.24) is 15.5 Å². The molecule has 0 atom stereocenters. The summed E-state index contributed by atoms with van der Waals surface area (Å²) in [5.74, 6) is -0.130. The lowest BCUT2D eigenvalue weighted by Gasteiger charge is -1.98. The van der Waals surface area contributed by atoms with E-state index in [0.29, 0.717) is 12.2 Å². The highest BCUT2D eigenvalue weighted by molar-refractivity contribution is 6.04. The van der Waals surface area contributed by atoms with Gasteiger partial charge in [-0.25, -0.2) is 0 Å². The Labute approximate surface area is 87.7 Å². The molecular formula is C11H13N3O. The van der Waals surface area contributed by atoms with Crippen molar-refractivity contribution >= 4 is 16.8 Å². The van der Waals surface area contributed by atoms with Gasteiger partial charge >= 0.3 is 0 Å². The van der Waals surface area contributed by atoms with E-state index >= 15 is 0 Å². The second kappa shape index (κ2) is 3.73. The van der Waals surface area contributed by atoms with Gasteiger partial charge in [-0.1, -0.05) is 11.6 Å². The first-order valence-corrected chi connectivity index (χ1v) is 4.95. The number of aromatic nitrogens is 2. The summed E-state index contributed by atoms with van der Waals surface area (Å²) < 4.78 is 0. The molecule has 4 nitrogen and oxygen atoms in total. The number of benzene rings is 1. The van der Waals surface area contributed by atoms with Crippen molar-refractivity contribution in [3.8, 4) is 0 Å². The molecule has 1 aromatic carbocycles. The molecule has 2 aromatic rings. The Kier molecular flexibility index (Phi) is 2.41. The molecule has 0 unspecified atom stereocenters. The molecule has 0 bridgehead atoms. The Bertz CT molecular complexity index is 502. The summed E-state index contributed by atoms with van der Waals surface area (Å²) in [6.45, 7) is 4.49. The number of fused-ring (bicyclic) bond motifs is 1. The molecule has 0 aliphatic carbocycles. The van der Waals surface area contributed by atoms with Gasteiger partial charge in [0.15, 0.2) is 5.69 Å². The number of hydrogen-bond acceptors (Lipinski definition) is 2. The third-order valence-electron chi connectivity index (χ3n) is 2.27. The van der Waals surface area contributed by atoms with Crippen LogP contribution in [0.1, 0.15) is 23.0 Å². The van der Waals surface area contributed by atoms with E-state index in [0.717, 1.165) is 16.5 Å².